The third kappa shape index (κ3) is 4.21. The molecule has 0 bridgehead atoms. The average molecular weight is 296 g/mol. The molecule has 0 aromatic heterocycles. The number of hydrogen-bond acceptors (Lipinski definition) is 2. The van der Waals surface area contributed by atoms with Crippen molar-refractivity contribution in [3.63, 3.8) is 0 Å². The van der Waals surface area contributed by atoms with Crippen LogP contribution in [-0.4, -0.2) is 17.4 Å². The summed E-state index contributed by atoms with van der Waals surface area (Å²) in [6.45, 7) is 12.0. The number of nitrogens with two attached hydrogens (primary N) is 1. The van der Waals surface area contributed by atoms with Crippen LogP contribution < -0.4 is 11.1 Å². The molecule has 1 atom stereocenters. The predicted molar refractivity (Wildman–Crippen MR) is 85.6 cm³/mol. The zero-order chi connectivity index (χ0) is 16.5. The molecule has 1 aliphatic rings. The van der Waals surface area contributed by atoms with Gasteiger partial charge in [0.25, 0.3) is 0 Å². The summed E-state index contributed by atoms with van der Waals surface area (Å²) >= 11 is 0. The highest BCUT2D eigenvalue weighted by molar-refractivity contribution is 5.90. The minimum atomic E-state index is -0.703. The van der Waals surface area contributed by atoms with Crippen molar-refractivity contribution in [3.8, 4) is 0 Å². The highest BCUT2D eigenvalue weighted by atomic mass is 16.2. The highest BCUT2D eigenvalue weighted by Crippen LogP contribution is 2.49. The van der Waals surface area contributed by atoms with Gasteiger partial charge in [-0.2, -0.15) is 0 Å². The van der Waals surface area contributed by atoms with Gasteiger partial charge < -0.3 is 11.1 Å². The molecule has 0 radical (unpaired) electrons. The molecule has 0 aliphatic heterocycles. The van der Waals surface area contributed by atoms with Crippen molar-refractivity contribution in [2.24, 2.45) is 22.5 Å². The predicted octanol–water partition coefficient (Wildman–Crippen LogP) is 3.00. The highest BCUT2D eigenvalue weighted by Gasteiger charge is 2.53. The number of rotatable bonds is 3. The van der Waals surface area contributed by atoms with Gasteiger partial charge in [0.1, 0.15) is 0 Å². The molecule has 1 rings (SSSR count). The number of primary amides is 1. The van der Waals surface area contributed by atoms with Gasteiger partial charge in [-0.15, -0.1) is 0 Å². The van der Waals surface area contributed by atoms with Gasteiger partial charge in [-0.3, -0.25) is 9.59 Å². The van der Waals surface area contributed by atoms with Crippen molar-refractivity contribution in [2.45, 2.75) is 79.2 Å². The summed E-state index contributed by atoms with van der Waals surface area (Å²) in [6.07, 6.45) is 4.51. The Bertz CT molecular complexity index is 396. The topological polar surface area (TPSA) is 72.2 Å². The van der Waals surface area contributed by atoms with E-state index in [-0.39, 0.29) is 28.7 Å². The van der Waals surface area contributed by atoms with Gasteiger partial charge in [-0.25, -0.2) is 0 Å². The summed E-state index contributed by atoms with van der Waals surface area (Å²) in [7, 11) is 0. The number of nitrogens with one attached hydrogen (secondary N) is 1. The lowest BCUT2D eigenvalue weighted by molar-refractivity contribution is -0.150. The first-order valence-corrected chi connectivity index (χ1v) is 8.02. The standard InChI is InChI=1S/C17H32N2O2/c1-15(2,3)12(13(20)19-16(4,5)6)17(14(18)21)10-8-7-9-11-17/h12H,7-11H2,1-6H3,(H2,18,21)(H,19,20). The maximum Gasteiger partial charge on any atom is 0.225 e. The molecule has 122 valence electrons. The molecule has 3 N–H and O–H groups in total. The third-order valence-corrected chi connectivity index (χ3v) is 4.42. The maximum atomic E-state index is 12.9. The first kappa shape index (κ1) is 18.0. The van der Waals surface area contributed by atoms with Crippen molar-refractivity contribution in [2.75, 3.05) is 0 Å². The van der Waals surface area contributed by atoms with Crippen molar-refractivity contribution >= 4 is 11.8 Å². The summed E-state index contributed by atoms with van der Waals surface area (Å²) in [5, 5.41) is 3.06. The molecular weight excluding hydrogens is 264 g/mol. The van der Waals surface area contributed by atoms with Crippen LogP contribution in [-0.2, 0) is 9.59 Å². The van der Waals surface area contributed by atoms with E-state index < -0.39 is 5.41 Å². The van der Waals surface area contributed by atoms with Crippen LogP contribution in [0.4, 0.5) is 0 Å². The fourth-order valence-electron chi connectivity index (χ4n) is 3.77. The molecule has 4 nitrogen and oxygen atoms in total. The molecule has 2 amide bonds. The van der Waals surface area contributed by atoms with E-state index in [9.17, 15) is 9.59 Å². The van der Waals surface area contributed by atoms with Crippen LogP contribution in [0.15, 0.2) is 0 Å². The third-order valence-electron chi connectivity index (χ3n) is 4.42. The SMILES string of the molecule is CC(C)(C)NC(=O)C(C(C)(C)C)C1(C(N)=O)CCCCC1. The summed E-state index contributed by atoms with van der Waals surface area (Å²) in [5.41, 5.74) is 4.46. The van der Waals surface area contributed by atoms with E-state index in [1.54, 1.807) is 0 Å². The molecule has 0 spiro atoms. The smallest absolute Gasteiger partial charge is 0.225 e. The zero-order valence-electron chi connectivity index (χ0n) is 14.5. The maximum absolute atomic E-state index is 12.9. The van der Waals surface area contributed by atoms with Crippen molar-refractivity contribution in [3.05, 3.63) is 0 Å². The quantitative estimate of drug-likeness (QED) is 0.840. The fourth-order valence-corrected chi connectivity index (χ4v) is 3.77. The Balaban J connectivity index is 3.22. The Morgan fingerprint density at radius 3 is 1.81 bits per heavy atom. The van der Waals surface area contributed by atoms with E-state index in [2.05, 4.69) is 5.32 Å². The Hall–Kier alpha value is -1.06. The average Bonchev–Trinajstić information content (AvgIpc) is 2.25. The second kappa shape index (κ2) is 5.98. The molecule has 1 aliphatic carbocycles. The second-order valence-corrected chi connectivity index (χ2v) is 8.62. The van der Waals surface area contributed by atoms with Gasteiger partial charge in [0.2, 0.25) is 11.8 Å². The van der Waals surface area contributed by atoms with E-state index in [1.807, 2.05) is 41.5 Å². The molecule has 0 aromatic carbocycles. The lowest BCUT2D eigenvalue weighted by atomic mass is 9.57. The zero-order valence-corrected chi connectivity index (χ0v) is 14.5. The number of carbonyl (C=O) groups is 2. The molecule has 0 heterocycles. The molecule has 4 heteroatoms. The lowest BCUT2D eigenvalue weighted by Crippen LogP contribution is -2.57. The minimum Gasteiger partial charge on any atom is -0.369 e. The van der Waals surface area contributed by atoms with Crippen LogP contribution in [0.1, 0.15) is 73.6 Å². The van der Waals surface area contributed by atoms with Gasteiger partial charge in [0.05, 0.1) is 11.3 Å². The Morgan fingerprint density at radius 2 is 1.48 bits per heavy atom. The first-order chi connectivity index (χ1) is 9.40. The normalized spacial score (nSPS) is 20.7. The Morgan fingerprint density at radius 1 is 1.00 bits per heavy atom. The van der Waals surface area contributed by atoms with Crippen molar-refractivity contribution < 1.29 is 9.59 Å². The Kier molecular flexibility index (Phi) is 5.12. The van der Waals surface area contributed by atoms with Gasteiger partial charge in [-0.1, -0.05) is 40.0 Å². The van der Waals surface area contributed by atoms with Gasteiger partial charge in [0, 0.05) is 5.54 Å². The molecule has 1 unspecified atom stereocenters. The van der Waals surface area contributed by atoms with Crippen LogP contribution in [0.3, 0.4) is 0 Å². The minimum absolute atomic E-state index is 0.0456. The van der Waals surface area contributed by atoms with Crippen LogP contribution in [0.5, 0.6) is 0 Å². The molecule has 1 fully saturated rings. The largest absolute Gasteiger partial charge is 0.369 e. The molecule has 0 aromatic rings. The summed E-state index contributed by atoms with van der Waals surface area (Å²) in [6, 6.07) is 0. The lowest BCUT2D eigenvalue weighted by Gasteiger charge is -2.46. The van der Waals surface area contributed by atoms with E-state index >= 15 is 0 Å². The van der Waals surface area contributed by atoms with Crippen LogP contribution in [0.2, 0.25) is 0 Å². The van der Waals surface area contributed by atoms with E-state index in [1.165, 1.54) is 0 Å². The monoisotopic (exact) mass is 296 g/mol. The number of hydrogen-bond donors (Lipinski definition) is 2. The van der Waals surface area contributed by atoms with E-state index in [0.29, 0.717) is 0 Å². The van der Waals surface area contributed by atoms with Gasteiger partial charge >= 0.3 is 0 Å². The summed E-state index contributed by atoms with van der Waals surface area (Å²) < 4.78 is 0. The molecule has 1 saturated carbocycles. The number of carbonyl (C=O) groups excluding carboxylic acids is 2. The summed E-state index contributed by atoms with van der Waals surface area (Å²) in [4.78, 5) is 25.2. The van der Waals surface area contributed by atoms with E-state index in [4.69, 9.17) is 5.73 Å². The fraction of sp³-hybridized carbons (Fsp3) is 0.882. The molecular formula is C17H32N2O2. The molecule has 0 saturated heterocycles. The first-order valence-electron chi connectivity index (χ1n) is 8.02. The van der Waals surface area contributed by atoms with Crippen LogP contribution >= 0.6 is 0 Å². The number of amides is 2. The van der Waals surface area contributed by atoms with Gasteiger partial charge in [0.15, 0.2) is 0 Å². The molecule has 21 heavy (non-hydrogen) atoms. The van der Waals surface area contributed by atoms with Gasteiger partial charge in [-0.05, 0) is 39.0 Å². The van der Waals surface area contributed by atoms with E-state index in [0.717, 1.165) is 32.1 Å². The summed E-state index contributed by atoms with van der Waals surface area (Å²) in [5.74, 6) is -0.746. The van der Waals surface area contributed by atoms with Crippen molar-refractivity contribution in [1.82, 2.24) is 5.32 Å². The van der Waals surface area contributed by atoms with Crippen molar-refractivity contribution in [1.29, 1.82) is 0 Å². The Labute approximate surface area is 129 Å². The van der Waals surface area contributed by atoms with Crippen LogP contribution in [0, 0.1) is 16.7 Å². The van der Waals surface area contributed by atoms with Crippen LogP contribution in [0.25, 0.3) is 0 Å². The second-order valence-electron chi connectivity index (χ2n) is 8.62.